The zero-order valence-corrected chi connectivity index (χ0v) is 13.3. The third kappa shape index (κ3) is 7.28. The second-order valence-electron chi connectivity index (χ2n) is 6.86. The Hall–Kier alpha value is -0.120. The monoisotopic (exact) mass is 271 g/mol. The van der Waals surface area contributed by atoms with E-state index in [2.05, 4.69) is 32.6 Å². The number of rotatable bonds is 8. The van der Waals surface area contributed by atoms with Crippen LogP contribution in [0.1, 0.15) is 47.0 Å². The van der Waals surface area contributed by atoms with Crippen LogP contribution in [0.2, 0.25) is 0 Å². The third-order valence-electron chi connectivity index (χ3n) is 3.97. The molecule has 1 rings (SSSR count). The van der Waals surface area contributed by atoms with E-state index in [0.717, 1.165) is 51.1 Å². The van der Waals surface area contributed by atoms with Crippen molar-refractivity contribution >= 4 is 0 Å². The SMILES string of the molecule is CC(C)CCN(CCC(C)C)CC1COCCC1O. The van der Waals surface area contributed by atoms with E-state index in [4.69, 9.17) is 4.74 Å². The van der Waals surface area contributed by atoms with Crippen LogP contribution in [0.5, 0.6) is 0 Å². The van der Waals surface area contributed by atoms with E-state index in [9.17, 15) is 5.11 Å². The highest BCUT2D eigenvalue weighted by Crippen LogP contribution is 2.17. The molecule has 0 aliphatic carbocycles. The molecule has 2 atom stereocenters. The van der Waals surface area contributed by atoms with Crippen molar-refractivity contribution in [3.63, 3.8) is 0 Å². The number of ether oxygens (including phenoxy) is 1. The predicted octanol–water partition coefficient (Wildman–Crippen LogP) is 2.78. The highest BCUT2D eigenvalue weighted by Gasteiger charge is 2.25. The minimum Gasteiger partial charge on any atom is -0.393 e. The van der Waals surface area contributed by atoms with Crippen molar-refractivity contribution in [2.75, 3.05) is 32.8 Å². The second kappa shape index (κ2) is 8.93. The fraction of sp³-hybridized carbons (Fsp3) is 1.00. The molecule has 1 aliphatic heterocycles. The molecule has 0 aromatic carbocycles. The normalized spacial score (nSPS) is 24.6. The van der Waals surface area contributed by atoms with Crippen LogP contribution in [0.15, 0.2) is 0 Å². The number of hydrogen-bond acceptors (Lipinski definition) is 3. The first kappa shape index (κ1) is 16.9. The van der Waals surface area contributed by atoms with E-state index in [1.54, 1.807) is 0 Å². The quantitative estimate of drug-likeness (QED) is 0.737. The third-order valence-corrected chi connectivity index (χ3v) is 3.97. The smallest absolute Gasteiger partial charge is 0.0624 e. The molecule has 0 amide bonds. The van der Waals surface area contributed by atoms with Crippen molar-refractivity contribution in [2.45, 2.75) is 53.1 Å². The number of hydrogen-bond donors (Lipinski definition) is 1. The Morgan fingerprint density at radius 3 is 2.16 bits per heavy atom. The lowest BCUT2D eigenvalue weighted by atomic mass is 9.97. The van der Waals surface area contributed by atoms with Crippen molar-refractivity contribution in [1.82, 2.24) is 4.90 Å². The molecule has 2 unspecified atom stereocenters. The molecular weight excluding hydrogens is 238 g/mol. The molecule has 1 heterocycles. The van der Waals surface area contributed by atoms with Crippen molar-refractivity contribution < 1.29 is 9.84 Å². The average molecular weight is 271 g/mol. The summed E-state index contributed by atoms with van der Waals surface area (Å²) in [4.78, 5) is 2.53. The Morgan fingerprint density at radius 2 is 1.68 bits per heavy atom. The second-order valence-corrected chi connectivity index (χ2v) is 6.86. The summed E-state index contributed by atoms with van der Waals surface area (Å²) in [7, 11) is 0. The largest absolute Gasteiger partial charge is 0.393 e. The maximum absolute atomic E-state index is 10.1. The van der Waals surface area contributed by atoms with Crippen LogP contribution in [0.3, 0.4) is 0 Å². The summed E-state index contributed by atoms with van der Waals surface area (Å²) >= 11 is 0. The number of nitrogens with zero attached hydrogens (tertiary/aromatic N) is 1. The van der Waals surface area contributed by atoms with Gasteiger partial charge in [-0.1, -0.05) is 27.7 Å². The standard InChI is InChI=1S/C16H33NO2/c1-13(2)5-8-17(9-6-14(3)4)11-15-12-19-10-7-16(15)18/h13-16,18H,5-12H2,1-4H3. The van der Waals surface area contributed by atoms with Crippen molar-refractivity contribution in [3.05, 3.63) is 0 Å². The van der Waals surface area contributed by atoms with Gasteiger partial charge in [0.05, 0.1) is 12.7 Å². The lowest BCUT2D eigenvalue weighted by Crippen LogP contribution is -2.42. The summed E-state index contributed by atoms with van der Waals surface area (Å²) in [6.45, 7) is 13.8. The van der Waals surface area contributed by atoms with Gasteiger partial charge in [-0.25, -0.2) is 0 Å². The summed E-state index contributed by atoms with van der Waals surface area (Å²) in [5.74, 6) is 1.79. The Balaban J connectivity index is 2.41. The van der Waals surface area contributed by atoms with E-state index in [1.165, 1.54) is 12.8 Å². The molecule has 0 saturated carbocycles. The summed E-state index contributed by atoms with van der Waals surface area (Å²) < 4.78 is 5.52. The van der Waals surface area contributed by atoms with Gasteiger partial charge < -0.3 is 14.7 Å². The highest BCUT2D eigenvalue weighted by atomic mass is 16.5. The van der Waals surface area contributed by atoms with Crippen LogP contribution in [-0.4, -0.2) is 49.0 Å². The number of aliphatic hydroxyl groups excluding tert-OH is 1. The minimum atomic E-state index is -0.172. The highest BCUT2D eigenvalue weighted by molar-refractivity contribution is 4.76. The molecule has 3 nitrogen and oxygen atoms in total. The van der Waals surface area contributed by atoms with Crippen molar-refractivity contribution in [1.29, 1.82) is 0 Å². The Morgan fingerprint density at radius 1 is 1.11 bits per heavy atom. The summed E-state index contributed by atoms with van der Waals surface area (Å²) in [5, 5.41) is 10.1. The zero-order chi connectivity index (χ0) is 14.3. The summed E-state index contributed by atoms with van der Waals surface area (Å²) in [5.41, 5.74) is 0. The first-order chi connectivity index (χ1) is 8.99. The number of aliphatic hydroxyl groups is 1. The van der Waals surface area contributed by atoms with E-state index in [-0.39, 0.29) is 6.10 Å². The molecule has 1 fully saturated rings. The fourth-order valence-corrected chi connectivity index (χ4v) is 2.47. The molecule has 1 N–H and O–H groups in total. The van der Waals surface area contributed by atoms with E-state index >= 15 is 0 Å². The van der Waals surface area contributed by atoms with Gasteiger partial charge in [0.25, 0.3) is 0 Å². The Bertz CT molecular complexity index is 219. The molecule has 114 valence electrons. The van der Waals surface area contributed by atoms with Crippen LogP contribution in [0.4, 0.5) is 0 Å². The van der Waals surface area contributed by atoms with Gasteiger partial charge in [-0.05, 0) is 44.2 Å². The van der Waals surface area contributed by atoms with Crippen LogP contribution < -0.4 is 0 Å². The van der Waals surface area contributed by atoms with E-state index in [0.29, 0.717) is 5.92 Å². The molecular formula is C16H33NO2. The van der Waals surface area contributed by atoms with Gasteiger partial charge in [-0.2, -0.15) is 0 Å². The van der Waals surface area contributed by atoms with E-state index in [1.807, 2.05) is 0 Å². The van der Waals surface area contributed by atoms with Gasteiger partial charge in [0, 0.05) is 19.1 Å². The molecule has 1 aliphatic rings. The maximum Gasteiger partial charge on any atom is 0.0624 e. The van der Waals surface area contributed by atoms with Crippen LogP contribution in [0, 0.1) is 17.8 Å². The van der Waals surface area contributed by atoms with Gasteiger partial charge in [0.1, 0.15) is 0 Å². The van der Waals surface area contributed by atoms with Gasteiger partial charge in [-0.15, -0.1) is 0 Å². The molecule has 0 radical (unpaired) electrons. The molecule has 0 spiro atoms. The predicted molar refractivity (Wildman–Crippen MR) is 80.3 cm³/mol. The summed E-state index contributed by atoms with van der Waals surface area (Å²) in [6, 6.07) is 0. The van der Waals surface area contributed by atoms with Gasteiger partial charge in [0.2, 0.25) is 0 Å². The van der Waals surface area contributed by atoms with Gasteiger partial charge in [0.15, 0.2) is 0 Å². The average Bonchev–Trinajstić information content (AvgIpc) is 2.34. The molecule has 3 heteroatoms. The van der Waals surface area contributed by atoms with Gasteiger partial charge >= 0.3 is 0 Å². The maximum atomic E-state index is 10.1. The van der Waals surface area contributed by atoms with Crippen LogP contribution in [0.25, 0.3) is 0 Å². The van der Waals surface area contributed by atoms with Crippen LogP contribution in [-0.2, 0) is 4.74 Å². The Labute approximate surface area is 119 Å². The Kier molecular flexibility index (Phi) is 7.96. The molecule has 19 heavy (non-hydrogen) atoms. The minimum absolute atomic E-state index is 0.172. The van der Waals surface area contributed by atoms with Crippen LogP contribution >= 0.6 is 0 Å². The molecule has 1 saturated heterocycles. The molecule has 0 aromatic rings. The first-order valence-corrected chi connectivity index (χ1v) is 7.97. The zero-order valence-electron chi connectivity index (χ0n) is 13.3. The van der Waals surface area contributed by atoms with Gasteiger partial charge in [-0.3, -0.25) is 0 Å². The van der Waals surface area contributed by atoms with Crippen molar-refractivity contribution in [2.24, 2.45) is 17.8 Å². The summed E-state index contributed by atoms with van der Waals surface area (Å²) in [6.07, 6.45) is 3.10. The lowest BCUT2D eigenvalue weighted by molar-refractivity contribution is -0.0471. The molecule has 0 bridgehead atoms. The fourth-order valence-electron chi connectivity index (χ4n) is 2.47. The molecule has 0 aromatic heterocycles. The van der Waals surface area contributed by atoms with Crippen molar-refractivity contribution in [3.8, 4) is 0 Å². The topological polar surface area (TPSA) is 32.7 Å². The van der Waals surface area contributed by atoms with E-state index < -0.39 is 0 Å². The lowest BCUT2D eigenvalue weighted by Gasteiger charge is -2.33. The first-order valence-electron chi connectivity index (χ1n) is 7.97.